The Hall–Kier alpha value is -1.54. The molecular weight excluding hydrogens is 130 g/mol. The number of hydrogen-bond donors (Lipinski definition) is 3. The molecule has 0 aromatic rings. The minimum absolute atomic E-state index is 0.133. The summed E-state index contributed by atoms with van der Waals surface area (Å²) < 4.78 is 0. The summed E-state index contributed by atoms with van der Waals surface area (Å²) in [6, 6.07) is 1.73. The van der Waals surface area contributed by atoms with E-state index in [4.69, 9.17) is 22.5 Å². The Morgan fingerprint density at radius 2 is 2.10 bits per heavy atom. The van der Waals surface area contributed by atoms with Gasteiger partial charge in [-0.1, -0.05) is 6.58 Å². The summed E-state index contributed by atoms with van der Waals surface area (Å²) >= 11 is 0. The van der Waals surface area contributed by atoms with Gasteiger partial charge in [0.1, 0.15) is 6.17 Å². The van der Waals surface area contributed by atoms with E-state index in [1.54, 1.807) is 6.07 Å². The summed E-state index contributed by atoms with van der Waals surface area (Å²) in [5.41, 5.74) is 15.4. The van der Waals surface area contributed by atoms with E-state index in [-0.39, 0.29) is 11.5 Å². The van der Waals surface area contributed by atoms with E-state index in [9.17, 15) is 0 Å². The molecule has 1 unspecified atom stereocenters. The van der Waals surface area contributed by atoms with E-state index in [1.165, 1.54) is 0 Å². The molecule has 0 aliphatic carbocycles. The maximum Gasteiger partial charge on any atom is 0.187 e. The van der Waals surface area contributed by atoms with E-state index < -0.39 is 6.17 Å². The fraction of sp³-hybridized carbons (Fsp3) is 0.200. The minimum atomic E-state index is -0.810. The van der Waals surface area contributed by atoms with Gasteiger partial charge in [-0.25, -0.2) is 4.99 Å². The molecule has 0 aliphatic rings. The van der Waals surface area contributed by atoms with E-state index in [2.05, 4.69) is 11.6 Å². The largest absolute Gasteiger partial charge is 0.370 e. The van der Waals surface area contributed by atoms with Crippen molar-refractivity contribution < 1.29 is 0 Å². The average molecular weight is 139 g/mol. The van der Waals surface area contributed by atoms with Crippen LogP contribution >= 0.6 is 0 Å². The van der Waals surface area contributed by atoms with E-state index in [0.29, 0.717) is 0 Å². The lowest BCUT2D eigenvalue weighted by Crippen LogP contribution is -2.29. The number of nitrogens with zero attached hydrogens (tertiary/aromatic N) is 2. The quantitative estimate of drug-likeness (QED) is 0.248. The number of aliphatic imine (C=N–C) groups is 1. The van der Waals surface area contributed by atoms with Gasteiger partial charge in [0.05, 0.1) is 11.6 Å². The SMILES string of the molecule is C=C(C#N)C(N)N=C(N)N. The van der Waals surface area contributed by atoms with E-state index in [0.717, 1.165) is 0 Å². The highest BCUT2D eigenvalue weighted by molar-refractivity contribution is 5.76. The van der Waals surface area contributed by atoms with Crippen molar-refractivity contribution >= 4 is 5.96 Å². The highest BCUT2D eigenvalue weighted by atomic mass is 15.1. The molecule has 1 atom stereocenters. The predicted molar refractivity (Wildman–Crippen MR) is 38.5 cm³/mol. The van der Waals surface area contributed by atoms with Crippen LogP contribution in [0.3, 0.4) is 0 Å². The van der Waals surface area contributed by atoms with Crippen LogP contribution in [0.4, 0.5) is 0 Å². The van der Waals surface area contributed by atoms with Gasteiger partial charge in [0.2, 0.25) is 0 Å². The van der Waals surface area contributed by atoms with Gasteiger partial charge in [0, 0.05) is 0 Å². The number of rotatable bonds is 2. The van der Waals surface area contributed by atoms with Gasteiger partial charge in [-0.05, 0) is 0 Å². The molecule has 6 N–H and O–H groups in total. The first-order chi connectivity index (χ1) is 4.57. The van der Waals surface area contributed by atoms with Crippen molar-refractivity contribution in [2.24, 2.45) is 22.2 Å². The smallest absolute Gasteiger partial charge is 0.187 e. The summed E-state index contributed by atoms with van der Waals surface area (Å²) in [6.07, 6.45) is -0.810. The summed E-state index contributed by atoms with van der Waals surface area (Å²) in [5, 5.41) is 8.24. The maximum atomic E-state index is 8.24. The highest BCUT2D eigenvalue weighted by Crippen LogP contribution is 1.93. The number of hydrogen-bond acceptors (Lipinski definition) is 3. The van der Waals surface area contributed by atoms with Crippen LogP contribution in [0.5, 0.6) is 0 Å². The lowest BCUT2D eigenvalue weighted by molar-refractivity contribution is 0.843. The normalized spacial score (nSPS) is 11.2. The maximum absolute atomic E-state index is 8.24. The molecule has 0 radical (unpaired) electrons. The Kier molecular flexibility index (Phi) is 2.94. The predicted octanol–water partition coefficient (Wildman–Crippen LogP) is -1.38. The third-order valence-corrected chi connectivity index (χ3v) is 0.789. The Balaban J connectivity index is 4.14. The molecule has 5 heteroatoms. The molecule has 0 aliphatic heterocycles. The molecule has 0 bridgehead atoms. The zero-order valence-corrected chi connectivity index (χ0v) is 5.41. The topological polar surface area (TPSA) is 114 Å². The summed E-state index contributed by atoms with van der Waals surface area (Å²) in [6.45, 7) is 3.32. The molecule has 10 heavy (non-hydrogen) atoms. The van der Waals surface area contributed by atoms with Crippen LogP contribution in [-0.2, 0) is 0 Å². The van der Waals surface area contributed by atoms with Crippen LogP contribution in [0.15, 0.2) is 17.1 Å². The number of nitrogens with two attached hydrogens (primary N) is 3. The van der Waals surface area contributed by atoms with Gasteiger partial charge < -0.3 is 17.2 Å². The molecule has 0 aromatic carbocycles. The molecule has 0 aromatic heterocycles. The van der Waals surface area contributed by atoms with Crippen molar-refractivity contribution in [3.8, 4) is 6.07 Å². The van der Waals surface area contributed by atoms with Crippen LogP contribution < -0.4 is 17.2 Å². The zero-order chi connectivity index (χ0) is 8.15. The first kappa shape index (κ1) is 8.46. The second kappa shape index (κ2) is 3.48. The number of guanidine groups is 1. The second-order valence-electron chi connectivity index (χ2n) is 1.64. The van der Waals surface area contributed by atoms with E-state index >= 15 is 0 Å². The van der Waals surface area contributed by atoms with Gasteiger partial charge in [-0.2, -0.15) is 5.26 Å². The third kappa shape index (κ3) is 2.69. The molecular formula is C5H9N5. The monoisotopic (exact) mass is 139 g/mol. The molecule has 0 spiro atoms. The Morgan fingerprint density at radius 1 is 1.60 bits per heavy atom. The molecule has 0 fully saturated rings. The summed E-state index contributed by atoms with van der Waals surface area (Å²) in [7, 11) is 0. The Labute approximate surface area is 58.8 Å². The molecule has 0 amide bonds. The van der Waals surface area contributed by atoms with Crippen LogP contribution in [0, 0.1) is 11.3 Å². The van der Waals surface area contributed by atoms with E-state index in [1.807, 2.05) is 0 Å². The Bertz CT molecular complexity index is 195. The van der Waals surface area contributed by atoms with Crippen molar-refractivity contribution in [2.45, 2.75) is 6.17 Å². The summed E-state index contributed by atoms with van der Waals surface area (Å²) in [5.74, 6) is -0.149. The van der Waals surface area contributed by atoms with Crippen molar-refractivity contribution in [1.29, 1.82) is 5.26 Å². The standard InChI is InChI=1S/C5H9N5/c1-3(2-6)4(7)10-5(8)9/h4H,1,7H2,(H4,8,9,10). The zero-order valence-electron chi connectivity index (χ0n) is 5.41. The van der Waals surface area contributed by atoms with Gasteiger partial charge in [0.15, 0.2) is 5.96 Å². The van der Waals surface area contributed by atoms with Crippen LogP contribution in [0.1, 0.15) is 0 Å². The van der Waals surface area contributed by atoms with Crippen molar-refractivity contribution in [2.75, 3.05) is 0 Å². The first-order valence-corrected chi connectivity index (χ1v) is 2.51. The lowest BCUT2D eigenvalue weighted by atomic mass is 10.3. The first-order valence-electron chi connectivity index (χ1n) is 2.51. The molecule has 54 valence electrons. The fourth-order valence-corrected chi connectivity index (χ4v) is 0.305. The van der Waals surface area contributed by atoms with Gasteiger partial charge in [0.25, 0.3) is 0 Å². The van der Waals surface area contributed by atoms with Gasteiger partial charge in [-0.3, -0.25) is 0 Å². The van der Waals surface area contributed by atoms with Crippen molar-refractivity contribution in [3.63, 3.8) is 0 Å². The lowest BCUT2D eigenvalue weighted by Gasteiger charge is -2.01. The second-order valence-corrected chi connectivity index (χ2v) is 1.64. The number of nitriles is 1. The third-order valence-electron chi connectivity index (χ3n) is 0.789. The van der Waals surface area contributed by atoms with Gasteiger partial charge >= 0.3 is 0 Å². The van der Waals surface area contributed by atoms with Crippen LogP contribution in [-0.4, -0.2) is 12.1 Å². The minimum Gasteiger partial charge on any atom is -0.370 e. The van der Waals surface area contributed by atoms with Gasteiger partial charge in [-0.15, -0.1) is 0 Å². The molecule has 5 nitrogen and oxygen atoms in total. The summed E-state index contributed by atoms with van der Waals surface area (Å²) in [4.78, 5) is 3.48. The molecule has 0 rings (SSSR count). The molecule has 0 heterocycles. The van der Waals surface area contributed by atoms with Crippen molar-refractivity contribution in [1.82, 2.24) is 0 Å². The van der Waals surface area contributed by atoms with Crippen molar-refractivity contribution in [3.05, 3.63) is 12.2 Å². The van der Waals surface area contributed by atoms with Crippen LogP contribution in [0.25, 0.3) is 0 Å². The van der Waals surface area contributed by atoms with Crippen LogP contribution in [0.2, 0.25) is 0 Å². The fourth-order valence-electron chi connectivity index (χ4n) is 0.305. The molecule has 0 saturated carbocycles. The Morgan fingerprint density at radius 3 is 2.40 bits per heavy atom. The average Bonchev–Trinajstić information content (AvgIpc) is 1.85. The highest BCUT2D eigenvalue weighted by Gasteiger charge is 2.02. The molecule has 0 saturated heterocycles.